The summed E-state index contributed by atoms with van der Waals surface area (Å²) in [4.78, 5) is 14.7. The lowest BCUT2D eigenvalue weighted by Gasteiger charge is -2.33. The summed E-state index contributed by atoms with van der Waals surface area (Å²) in [6.45, 7) is 8.94. The van der Waals surface area contributed by atoms with Crippen LogP contribution in [0.4, 0.5) is 0 Å². The molecule has 2 fully saturated rings. The number of rotatable bonds is 4. The van der Waals surface area contributed by atoms with Gasteiger partial charge in [-0.1, -0.05) is 34.1 Å². The zero-order valence-corrected chi connectivity index (χ0v) is 12.3. The van der Waals surface area contributed by atoms with Crippen molar-refractivity contribution in [3.8, 4) is 0 Å². The van der Waals surface area contributed by atoms with E-state index in [4.69, 9.17) is 0 Å². The van der Waals surface area contributed by atoms with E-state index in [9.17, 15) is 4.79 Å². The highest BCUT2D eigenvalue weighted by molar-refractivity contribution is 5.84. The first-order valence-electron chi connectivity index (χ1n) is 7.68. The minimum Gasteiger partial charge on any atom is -0.323 e. The molecule has 3 heteroatoms. The fraction of sp³-hybridized carbons (Fsp3) is 0.933. The van der Waals surface area contributed by atoms with Gasteiger partial charge < -0.3 is 4.90 Å². The molecule has 1 aliphatic carbocycles. The summed E-state index contributed by atoms with van der Waals surface area (Å²) < 4.78 is 0. The second-order valence-electron chi connectivity index (χ2n) is 6.16. The minimum atomic E-state index is 0.0599. The molecule has 3 nitrogen and oxygen atoms in total. The first-order chi connectivity index (χ1) is 8.60. The zero-order valence-electron chi connectivity index (χ0n) is 12.3. The molecule has 1 heterocycles. The molecule has 1 saturated heterocycles. The van der Waals surface area contributed by atoms with E-state index in [1.165, 1.54) is 12.8 Å². The van der Waals surface area contributed by atoms with Gasteiger partial charge in [-0.3, -0.25) is 10.1 Å². The van der Waals surface area contributed by atoms with Crippen LogP contribution >= 0.6 is 0 Å². The summed E-state index contributed by atoms with van der Waals surface area (Å²) in [7, 11) is 0. The van der Waals surface area contributed by atoms with Crippen molar-refractivity contribution < 1.29 is 4.79 Å². The largest absolute Gasteiger partial charge is 0.323 e. The van der Waals surface area contributed by atoms with Gasteiger partial charge in [0.1, 0.15) is 0 Å². The van der Waals surface area contributed by atoms with Gasteiger partial charge in [0.2, 0.25) is 5.91 Å². The maximum atomic E-state index is 12.5. The topological polar surface area (TPSA) is 32.3 Å². The number of hydrogen-bond acceptors (Lipinski definition) is 2. The highest BCUT2D eigenvalue weighted by Crippen LogP contribution is 2.37. The summed E-state index contributed by atoms with van der Waals surface area (Å²) in [6, 6.07) is 0.526. The number of hydrogen-bond donors (Lipinski definition) is 1. The van der Waals surface area contributed by atoms with Crippen LogP contribution < -0.4 is 5.32 Å². The molecular weight excluding hydrogens is 224 g/mol. The van der Waals surface area contributed by atoms with Crippen molar-refractivity contribution in [1.82, 2.24) is 10.2 Å². The van der Waals surface area contributed by atoms with Gasteiger partial charge in [-0.15, -0.1) is 0 Å². The van der Waals surface area contributed by atoms with Gasteiger partial charge in [0, 0.05) is 6.04 Å². The maximum Gasteiger partial charge on any atom is 0.241 e. The molecule has 0 bridgehead atoms. The number of carbonyl (C=O) groups excluding carboxylic acids is 1. The fourth-order valence-electron chi connectivity index (χ4n) is 3.63. The number of amides is 1. The van der Waals surface area contributed by atoms with E-state index < -0.39 is 0 Å². The summed E-state index contributed by atoms with van der Waals surface area (Å²) in [6.07, 6.45) is 5.86. The molecule has 5 unspecified atom stereocenters. The third kappa shape index (κ3) is 2.29. The lowest BCUT2D eigenvalue weighted by atomic mass is 9.96. The van der Waals surface area contributed by atoms with Gasteiger partial charge in [0.15, 0.2) is 0 Å². The highest BCUT2D eigenvalue weighted by Gasteiger charge is 2.45. The molecule has 0 aromatic carbocycles. The predicted molar refractivity (Wildman–Crippen MR) is 74.1 cm³/mol. The molecule has 0 aromatic heterocycles. The van der Waals surface area contributed by atoms with Gasteiger partial charge in [-0.2, -0.15) is 0 Å². The van der Waals surface area contributed by atoms with Crippen molar-refractivity contribution in [2.75, 3.05) is 0 Å². The van der Waals surface area contributed by atoms with E-state index in [0.29, 0.717) is 17.9 Å². The summed E-state index contributed by atoms with van der Waals surface area (Å²) >= 11 is 0. The molecule has 2 rings (SSSR count). The van der Waals surface area contributed by atoms with Crippen molar-refractivity contribution >= 4 is 5.91 Å². The van der Waals surface area contributed by atoms with Crippen LogP contribution in [-0.4, -0.2) is 29.1 Å². The van der Waals surface area contributed by atoms with Crippen LogP contribution in [0.3, 0.4) is 0 Å². The van der Waals surface area contributed by atoms with E-state index in [1.54, 1.807) is 0 Å². The highest BCUT2D eigenvalue weighted by atomic mass is 16.2. The van der Waals surface area contributed by atoms with Crippen LogP contribution in [0.2, 0.25) is 0 Å². The van der Waals surface area contributed by atoms with Crippen LogP contribution in [0.5, 0.6) is 0 Å². The normalized spacial score (nSPS) is 40.8. The molecule has 1 N–H and O–H groups in total. The molecule has 0 radical (unpaired) electrons. The Morgan fingerprint density at radius 2 is 2.00 bits per heavy atom. The zero-order chi connectivity index (χ0) is 13.3. The van der Waals surface area contributed by atoms with Crippen molar-refractivity contribution in [1.29, 1.82) is 0 Å². The van der Waals surface area contributed by atoms with Gasteiger partial charge >= 0.3 is 0 Å². The average Bonchev–Trinajstić information content (AvgIpc) is 2.83. The second-order valence-corrected chi connectivity index (χ2v) is 6.16. The predicted octanol–water partition coefficient (Wildman–Crippen LogP) is 2.76. The molecular formula is C15H28N2O. The Bertz CT molecular complexity index is 305. The Balaban J connectivity index is 2.14. The van der Waals surface area contributed by atoms with Crippen LogP contribution in [0, 0.1) is 11.8 Å². The molecule has 18 heavy (non-hydrogen) atoms. The number of nitrogens with one attached hydrogen (secondary N) is 1. The van der Waals surface area contributed by atoms with Gasteiger partial charge in [-0.25, -0.2) is 0 Å². The van der Waals surface area contributed by atoms with E-state index in [2.05, 4.69) is 37.9 Å². The molecule has 5 atom stereocenters. The summed E-state index contributed by atoms with van der Waals surface area (Å²) in [5.74, 6) is 1.75. The third-order valence-corrected chi connectivity index (χ3v) is 5.03. The summed E-state index contributed by atoms with van der Waals surface area (Å²) in [5.41, 5.74) is 0. The molecule has 1 amide bonds. The first-order valence-corrected chi connectivity index (χ1v) is 7.68. The Kier molecular flexibility index (Phi) is 4.31. The summed E-state index contributed by atoms with van der Waals surface area (Å²) in [5, 5.41) is 3.53. The van der Waals surface area contributed by atoms with Crippen LogP contribution in [0.25, 0.3) is 0 Å². The monoisotopic (exact) mass is 252 g/mol. The smallest absolute Gasteiger partial charge is 0.241 e. The SMILES string of the molecule is CCCC1NC(CC)C(=O)N1C1CCC(C)C1C. The molecule has 2 aliphatic rings. The Morgan fingerprint density at radius 3 is 2.50 bits per heavy atom. The van der Waals surface area contributed by atoms with Gasteiger partial charge in [0.25, 0.3) is 0 Å². The Morgan fingerprint density at radius 1 is 1.28 bits per heavy atom. The van der Waals surface area contributed by atoms with Crippen LogP contribution in [-0.2, 0) is 4.79 Å². The molecule has 1 aliphatic heterocycles. The van der Waals surface area contributed by atoms with E-state index in [-0.39, 0.29) is 12.2 Å². The first kappa shape index (κ1) is 13.9. The van der Waals surface area contributed by atoms with E-state index in [1.807, 2.05) is 0 Å². The minimum absolute atomic E-state index is 0.0599. The average molecular weight is 252 g/mol. The van der Waals surface area contributed by atoms with E-state index in [0.717, 1.165) is 25.2 Å². The van der Waals surface area contributed by atoms with Crippen molar-refractivity contribution in [2.45, 2.75) is 78.0 Å². The second kappa shape index (κ2) is 5.60. The standard InChI is InChI=1S/C15H28N2O/c1-5-7-14-16-12(6-2)15(18)17(14)13-9-8-10(3)11(13)4/h10-14,16H,5-9H2,1-4H3. The fourth-order valence-corrected chi connectivity index (χ4v) is 3.63. The Labute approximate surface area is 111 Å². The third-order valence-electron chi connectivity index (χ3n) is 5.03. The van der Waals surface area contributed by atoms with Gasteiger partial charge in [0.05, 0.1) is 12.2 Å². The molecule has 0 aromatic rings. The Hall–Kier alpha value is -0.570. The maximum absolute atomic E-state index is 12.5. The number of carbonyl (C=O) groups is 1. The lowest BCUT2D eigenvalue weighted by Crippen LogP contribution is -2.46. The van der Waals surface area contributed by atoms with Gasteiger partial charge in [-0.05, 0) is 37.5 Å². The number of nitrogens with zero attached hydrogens (tertiary/aromatic N) is 1. The van der Waals surface area contributed by atoms with Crippen LogP contribution in [0.15, 0.2) is 0 Å². The van der Waals surface area contributed by atoms with Crippen molar-refractivity contribution in [3.63, 3.8) is 0 Å². The van der Waals surface area contributed by atoms with E-state index >= 15 is 0 Å². The molecule has 1 saturated carbocycles. The van der Waals surface area contributed by atoms with Crippen molar-refractivity contribution in [2.24, 2.45) is 11.8 Å². The van der Waals surface area contributed by atoms with Crippen molar-refractivity contribution in [3.05, 3.63) is 0 Å². The molecule has 104 valence electrons. The lowest BCUT2D eigenvalue weighted by molar-refractivity contribution is -0.133. The van der Waals surface area contributed by atoms with Crippen LogP contribution in [0.1, 0.15) is 59.8 Å². The molecule has 0 spiro atoms. The quantitative estimate of drug-likeness (QED) is 0.834.